The molecule has 5 heteroatoms. The van der Waals surface area contributed by atoms with E-state index in [1.165, 1.54) is 0 Å². The van der Waals surface area contributed by atoms with E-state index in [0.29, 0.717) is 0 Å². The molecule has 0 aromatic rings. The number of thiocarbonyl (C=S) groups is 1. The van der Waals surface area contributed by atoms with E-state index in [9.17, 15) is 4.79 Å². The molecule has 1 amide bonds. The largest absolute Gasteiger partial charge is 0.391 e. The van der Waals surface area contributed by atoms with Crippen molar-refractivity contribution in [2.75, 3.05) is 7.11 Å². The van der Waals surface area contributed by atoms with Crippen molar-refractivity contribution in [1.29, 1.82) is 0 Å². The smallest absolute Gasteiger partial charge is 0.223 e. The molecule has 0 heterocycles. The molecule has 0 aliphatic carbocycles. The molecule has 3 N–H and O–H groups in total. The lowest BCUT2D eigenvalue weighted by molar-refractivity contribution is -0.127. The predicted molar refractivity (Wildman–Crippen MR) is 64.7 cm³/mol. The van der Waals surface area contributed by atoms with Crippen molar-refractivity contribution in [2.45, 2.75) is 45.3 Å². The molecule has 0 aliphatic heterocycles. The highest BCUT2D eigenvalue weighted by atomic mass is 32.1. The van der Waals surface area contributed by atoms with Gasteiger partial charge < -0.3 is 15.8 Å². The fraction of sp³-hybridized carbons (Fsp3) is 0.800. The van der Waals surface area contributed by atoms with Crippen molar-refractivity contribution in [3.63, 3.8) is 0 Å². The molecular weight excluding hydrogens is 212 g/mol. The minimum atomic E-state index is -0.657. The Morgan fingerprint density at radius 1 is 1.40 bits per heavy atom. The van der Waals surface area contributed by atoms with Crippen LogP contribution in [0.1, 0.15) is 34.1 Å². The first-order chi connectivity index (χ1) is 6.60. The molecule has 0 spiro atoms. The molecule has 0 saturated heterocycles. The molecule has 0 aliphatic rings. The molecule has 0 aromatic carbocycles. The zero-order chi connectivity index (χ0) is 12.3. The number of hydrogen-bond donors (Lipinski definition) is 2. The van der Waals surface area contributed by atoms with Crippen LogP contribution in [-0.2, 0) is 9.53 Å². The third kappa shape index (κ3) is 5.09. The van der Waals surface area contributed by atoms with E-state index in [2.05, 4.69) is 5.32 Å². The Hall–Kier alpha value is -0.680. The fourth-order valence-electron chi connectivity index (χ4n) is 0.913. The number of rotatable bonds is 5. The zero-order valence-electron chi connectivity index (χ0n) is 10.0. The van der Waals surface area contributed by atoms with Gasteiger partial charge in [0.15, 0.2) is 0 Å². The van der Waals surface area contributed by atoms with Crippen LogP contribution in [0.25, 0.3) is 0 Å². The summed E-state index contributed by atoms with van der Waals surface area (Å²) in [6, 6.07) is 0. The van der Waals surface area contributed by atoms with E-state index >= 15 is 0 Å². The first-order valence-corrected chi connectivity index (χ1v) is 5.17. The summed E-state index contributed by atoms with van der Waals surface area (Å²) in [6.45, 7) is 7.24. The Kier molecular flexibility index (Phi) is 4.67. The molecule has 4 nitrogen and oxygen atoms in total. The van der Waals surface area contributed by atoms with Crippen molar-refractivity contribution in [2.24, 2.45) is 5.73 Å². The number of hydrogen-bond acceptors (Lipinski definition) is 3. The quantitative estimate of drug-likeness (QED) is 0.694. The number of methoxy groups -OCH3 is 1. The summed E-state index contributed by atoms with van der Waals surface area (Å²) in [5.74, 6) is -0.125. The van der Waals surface area contributed by atoms with Gasteiger partial charge >= 0.3 is 0 Å². The van der Waals surface area contributed by atoms with Crippen molar-refractivity contribution >= 4 is 23.1 Å². The molecule has 0 aromatic heterocycles. The van der Waals surface area contributed by atoms with Gasteiger partial charge in [-0.25, -0.2) is 0 Å². The first-order valence-electron chi connectivity index (χ1n) is 4.77. The van der Waals surface area contributed by atoms with Crippen molar-refractivity contribution < 1.29 is 9.53 Å². The summed E-state index contributed by atoms with van der Waals surface area (Å²) < 4.78 is 5.16. The molecule has 0 bridgehead atoms. The van der Waals surface area contributed by atoms with Gasteiger partial charge in [-0.2, -0.15) is 0 Å². The first kappa shape index (κ1) is 14.3. The number of carbonyl (C=O) groups is 1. The van der Waals surface area contributed by atoms with Crippen LogP contribution in [0.4, 0.5) is 0 Å². The Labute approximate surface area is 96.5 Å². The molecule has 0 rings (SSSR count). The second kappa shape index (κ2) is 4.90. The number of nitrogens with one attached hydrogen (secondary N) is 1. The predicted octanol–water partition coefficient (Wildman–Crippen LogP) is 0.982. The van der Waals surface area contributed by atoms with Gasteiger partial charge in [-0.05, 0) is 27.7 Å². The Morgan fingerprint density at radius 2 is 1.87 bits per heavy atom. The van der Waals surface area contributed by atoms with Crippen LogP contribution in [0.5, 0.6) is 0 Å². The van der Waals surface area contributed by atoms with Crippen LogP contribution >= 0.6 is 12.2 Å². The summed E-state index contributed by atoms with van der Waals surface area (Å²) in [6.07, 6.45) is 0.273. The maximum atomic E-state index is 11.6. The summed E-state index contributed by atoms with van der Waals surface area (Å²) in [5, 5.41) is 2.76. The van der Waals surface area contributed by atoms with Crippen LogP contribution in [-0.4, -0.2) is 29.1 Å². The average molecular weight is 232 g/mol. The monoisotopic (exact) mass is 232 g/mol. The second-order valence-electron chi connectivity index (χ2n) is 4.68. The summed E-state index contributed by atoms with van der Waals surface area (Å²) in [5.41, 5.74) is 4.37. The lowest BCUT2D eigenvalue weighted by Gasteiger charge is -2.28. The van der Waals surface area contributed by atoms with Gasteiger partial charge in [0.05, 0.1) is 22.5 Å². The fourth-order valence-corrected chi connectivity index (χ4v) is 0.964. The molecule has 0 unspecified atom stereocenters. The zero-order valence-corrected chi connectivity index (χ0v) is 10.8. The third-order valence-corrected chi connectivity index (χ3v) is 2.72. The van der Waals surface area contributed by atoms with Crippen molar-refractivity contribution in [3.05, 3.63) is 0 Å². The molecular formula is C10H20N2O2S. The number of amides is 1. The van der Waals surface area contributed by atoms with Gasteiger partial charge in [-0.1, -0.05) is 12.2 Å². The van der Waals surface area contributed by atoms with Crippen molar-refractivity contribution in [3.8, 4) is 0 Å². The average Bonchev–Trinajstić information content (AvgIpc) is 2.01. The number of ether oxygens (including phenoxy) is 1. The standard InChI is InChI=1S/C10H20N2O2S/c1-9(2,14-5)6-7(13)12-10(3,4)8(11)15/h6H2,1-5H3,(H2,11,15)(H,12,13). The van der Waals surface area contributed by atoms with E-state index in [0.717, 1.165) is 0 Å². The van der Waals surface area contributed by atoms with Gasteiger partial charge in [-0.15, -0.1) is 0 Å². The van der Waals surface area contributed by atoms with Crippen LogP contribution in [0, 0.1) is 0 Å². The van der Waals surface area contributed by atoms with Gasteiger partial charge in [0, 0.05) is 7.11 Å². The van der Waals surface area contributed by atoms with Gasteiger partial charge in [-0.3, -0.25) is 4.79 Å². The summed E-state index contributed by atoms with van der Waals surface area (Å²) >= 11 is 4.85. The highest BCUT2D eigenvalue weighted by Crippen LogP contribution is 2.13. The normalized spacial score (nSPS) is 12.3. The Balaban J connectivity index is 4.34. The molecule has 88 valence electrons. The minimum absolute atomic E-state index is 0.125. The number of carbonyl (C=O) groups excluding carboxylic acids is 1. The maximum absolute atomic E-state index is 11.6. The summed E-state index contributed by atoms with van der Waals surface area (Å²) in [4.78, 5) is 11.9. The number of nitrogens with two attached hydrogens (primary N) is 1. The minimum Gasteiger partial charge on any atom is -0.391 e. The molecule has 0 saturated carbocycles. The van der Waals surface area contributed by atoms with Crippen LogP contribution in [0.2, 0.25) is 0 Å². The maximum Gasteiger partial charge on any atom is 0.223 e. The van der Waals surface area contributed by atoms with E-state index < -0.39 is 11.1 Å². The molecule has 0 radical (unpaired) electrons. The third-order valence-electron chi connectivity index (χ3n) is 2.21. The van der Waals surface area contributed by atoms with Crippen molar-refractivity contribution in [1.82, 2.24) is 5.32 Å². The van der Waals surface area contributed by atoms with Crippen LogP contribution in [0.3, 0.4) is 0 Å². The van der Waals surface area contributed by atoms with E-state index in [-0.39, 0.29) is 17.3 Å². The highest BCUT2D eigenvalue weighted by molar-refractivity contribution is 7.80. The van der Waals surface area contributed by atoms with E-state index in [4.69, 9.17) is 22.7 Å². The van der Waals surface area contributed by atoms with E-state index in [1.54, 1.807) is 21.0 Å². The SMILES string of the molecule is COC(C)(C)CC(=O)NC(C)(C)C(N)=S. The lowest BCUT2D eigenvalue weighted by atomic mass is 10.0. The summed E-state index contributed by atoms with van der Waals surface area (Å²) in [7, 11) is 1.58. The molecule has 0 fully saturated rings. The van der Waals surface area contributed by atoms with Crippen LogP contribution < -0.4 is 11.1 Å². The Bertz CT molecular complexity index is 262. The van der Waals surface area contributed by atoms with Gasteiger partial charge in [0.1, 0.15) is 0 Å². The lowest BCUT2D eigenvalue weighted by Crippen LogP contribution is -2.53. The molecule has 15 heavy (non-hydrogen) atoms. The highest BCUT2D eigenvalue weighted by Gasteiger charge is 2.27. The topological polar surface area (TPSA) is 64.3 Å². The second-order valence-corrected chi connectivity index (χ2v) is 5.12. The molecule has 0 atom stereocenters. The van der Waals surface area contributed by atoms with Gasteiger partial charge in [0.25, 0.3) is 0 Å². The van der Waals surface area contributed by atoms with Gasteiger partial charge in [0.2, 0.25) is 5.91 Å². The van der Waals surface area contributed by atoms with Crippen LogP contribution in [0.15, 0.2) is 0 Å². The Morgan fingerprint density at radius 3 is 2.20 bits per heavy atom. The van der Waals surface area contributed by atoms with E-state index in [1.807, 2.05) is 13.8 Å².